The van der Waals surface area contributed by atoms with Crippen molar-refractivity contribution in [1.29, 1.82) is 0 Å². The van der Waals surface area contributed by atoms with Gasteiger partial charge in [0.1, 0.15) is 5.25 Å². The van der Waals surface area contributed by atoms with E-state index in [-0.39, 0.29) is 11.7 Å². The number of rotatable bonds is 5. The number of nitrogens with one attached hydrogen (secondary N) is 1. The van der Waals surface area contributed by atoms with Gasteiger partial charge in [-0.25, -0.2) is 8.42 Å². The molecule has 0 aromatic rings. The fourth-order valence-corrected chi connectivity index (χ4v) is 4.38. The van der Waals surface area contributed by atoms with Gasteiger partial charge in [-0.2, -0.15) is 0 Å². The number of amides is 1. The molecule has 0 aromatic carbocycles. The van der Waals surface area contributed by atoms with Crippen LogP contribution in [0.15, 0.2) is 0 Å². The van der Waals surface area contributed by atoms with E-state index in [1.807, 2.05) is 13.8 Å². The summed E-state index contributed by atoms with van der Waals surface area (Å²) in [5, 5.41) is 2.00. The molecule has 0 aliphatic carbocycles. The molecule has 0 bridgehead atoms. The maximum Gasteiger partial charge on any atom is 0.238 e. The van der Waals surface area contributed by atoms with Crippen molar-refractivity contribution in [3.05, 3.63) is 0 Å². The van der Waals surface area contributed by atoms with Crippen LogP contribution < -0.4 is 5.32 Å². The molecule has 1 aliphatic rings. The minimum atomic E-state index is -3.26. The summed E-state index contributed by atoms with van der Waals surface area (Å²) in [7, 11) is -3.26. The van der Waals surface area contributed by atoms with Crippen molar-refractivity contribution in [3.8, 4) is 0 Å². The lowest BCUT2D eigenvalue weighted by molar-refractivity contribution is -0.122. The SMILES string of the molecule is CCC(C)(CCCl)NC(=O)C1CCCCS1(=O)=O. The second-order valence-corrected chi connectivity index (χ2v) is 7.87. The minimum Gasteiger partial charge on any atom is -0.350 e. The first-order valence-electron chi connectivity index (χ1n) is 6.44. The Bertz CT molecular complexity index is 396. The monoisotopic (exact) mass is 295 g/mol. The summed E-state index contributed by atoms with van der Waals surface area (Å²) < 4.78 is 23.7. The molecule has 1 amide bonds. The summed E-state index contributed by atoms with van der Waals surface area (Å²) in [6.07, 6.45) is 3.28. The number of carbonyl (C=O) groups excluding carboxylic acids is 1. The summed E-state index contributed by atoms with van der Waals surface area (Å²) in [6.45, 7) is 3.87. The molecule has 0 aromatic heterocycles. The van der Waals surface area contributed by atoms with Crippen molar-refractivity contribution in [3.63, 3.8) is 0 Å². The Morgan fingerprint density at radius 1 is 1.44 bits per heavy atom. The molecule has 6 heteroatoms. The molecule has 106 valence electrons. The summed E-state index contributed by atoms with van der Waals surface area (Å²) in [5.74, 6) is 0.218. The molecule has 1 aliphatic heterocycles. The number of halogens is 1. The highest BCUT2D eigenvalue weighted by Crippen LogP contribution is 2.22. The average molecular weight is 296 g/mol. The number of sulfone groups is 1. The summed E-state index contributed by atoms with van der Waals surface area (Å²) in [4.78, 5) is 12.1. The Hall–Kier alpha value is -0.290. The van der Waals surface area contributed by atoms with Gasteiger partial charge >= 0.3 is 0 Å². The van der Waals surface area contributed by atoms with Crippen molar-refractivity contribution in [2.45, 2.75) is 56.7 Å². The van der Waals surface area contributed by atoms with E-state index in [1.54, 1.807) is 0 Å². The lowest BCUT2D eigenvalue weighted by Crippen LogP contribution is -2.52. The zero-order valence-electron chi connectivity index (χ0n) is 11.0. The molecule has 2 atom stereocenters. The van der Waals surface area contributed by atoms with Crippen LogP contribution in [0.1, 0.15) is 46.0 Å². The van der Waals surface area contributed by atoms with Crippen molar-refractivity contribution in [2.24, 2.45) is 0 Å². The van der Waals surface area contributed by atoms with Gasteiger partial charge in [-0.05, 0) is 32.6 Å². The van der Waals surface area contributed by atoms with E-state index in [4.69, 9.17) is 11.6 Å². The Morgan fingerprint density at radius 3 is 2.61 bits per heavy atom. The van der Waals surface area contributed by atoms with Gasteiger partial charge in [0.2, 0.25) is 5.91 Å². The third-order valence-corrected chi connectivity index (χ3v) is 6.09. The number of alkyl halides is 1. The van der Waals surface area contributed by atoms with Crippen LogP contribution in [0.4, 0.5) is 0 Å². The van der Waals surface area contributed by atoms with E-state index in [9.17, 15) is 13.2 Å². The Balaban J connectivity index is 2.75. The molecule has 0 spiro atoms. The molecule has 1 N–H and O–H groups in total. The average Bonchev–Trinajstić information content (AvgIpc) is 2.28. The van der Waals surface area contributed by atoms with Gasteiger partial charge in [-0.15, -0.1) is 11.6 Å². The Morgan fingerprint density at radius 2 is 2.11 bits per heavy atom. The van der Waals surface area contributed by atoms with Gasteiger partial charge in [0.25, 0.3) is 0 Å². The van der Waals surface area contributed by atoms with E-state index in [1.165, 1.54) is 0 Å². The quantitative estimate of drug-likeness (QED) is 0.788. The largest absolute Gasteiger partial charge is 0.350 e. The Kier molecular flexibility index (Phi) is 5.46. The zero-order chi connectivity index (χ0) is 13.8. The number of carbonyl (C=O) groups is 1. The van der Waals surface area contributed by atoms with Crippen LogP contribution in [0, 0.1) is 0 Å². The van der Waals surface area contributed by atoms with E-state index in [0.717, 1.165) is 12.8 Å². The predicted molar refractivity (Wildman–Crippen MR) is 73.6 cm³/mol. The first kappa shape index (κ1) is 15.8. The third-order valence-electron chi connectivity index (χ3n) is 3.72. The van der Waals surface area contributed by atoms with Gasteiger partial charge in [0.15, 0.2) is 9.84 Å². The fourth-order valence-electron chi connectivity index (χ4n) is 2.16. The molecular weight excluding hydrogens is 274 g/mol. The molecule has 18 heavy (non-hydrogen) atoms. The Labute approximate surface area is 114 Å². The minimum absolute atomic E-state index is 0.128. The molecule has 1 rings (SSSR count). The second-order valence-electron chi connectivity index (χ2n) is 5.19. The van der Waals surface area contributed by atoms with Crippen LogP contribution in [0.3, 0.4) is 0 Å². The van der Waals surface area contributed by atoms with Gasteiger partial charge in [-0.3, -0.25) is 4.79 Å². The van der Waals surface area contributed by atoms with Crippen molar-refractivity contribution >= 4 is 27.3 Å². The highest BCUT2D eigenvalue weighted by Gasteiger charge is 2.37. The van der Waals surface area contributed by atoms with E-state index >= 15 is 0 Å². The first-order chi connectivity index (χ1) is 8.34. The topological polar surface area (TPSA) is 63.2 Å². The number of hydrogen-bond acceptors (Lipinski definition) is 3. The van der Waals surface area contributed by atoms with Crippen molar-refractivity contribution < 1.29 is 13.2 Å². The standard InChI is InChI=1S/C12H22ClNO3S/c1-3-12(2,7-8-13)14-11(15)10-6-4-5-9-18(10,16)17/h10H,3-9H2,1-2H3,(H,14,15). The predicted octanol–water partition coefficient (Wildman–Crippen LogP) is 1.87. The van der Waals surface area contributed by atoms with Gasteiger partial charge in [-0.1, -0.05) is 13.3 Å². The maximum atomic E-state index is 12.1. The van der Waals surface area contributed by atoms with E-state index < -0.39 is 20.6 Å². The van der Waals surface area contributed by atoms with E-state index in [0.29, 0.717) is 25.1 Å². The number of hydrogen-bond donors (Lipinski definition) is 1. The summed E-state index contributed by atoms with van der Waals surface area (Å²) in [5.41, 5.74) is -0.411. The third kappa shape index (κ3) is 3.85. The van der Waals surface area contributed by atoms with E-state index in [2.05, 4.69) is 5.32 Å². The first-order valence-corrected chi connectivity index (χ1v) is 8.69. The van der Waals surface area contributed by atoms with Crippen LogP contribution in [-0.2, 0) is 14.6 Å². The van der Waals surface area contributed by atoms with Crippen LogP contribution in [0.25, 0.3) is 0 Å². The molecule has 1 heterocycles. The summed E-state index contributed by atoms with van der Waals surface area (Å²) in [6, 6.07) is 0. The van der Waals surface area contributed by atoms with Crippen LogP contribution in [-0.4, -0.2) is 36.7 Å². The lowest BCUT2D eigenvalue weighted by atomic mass is 9.95. The molecule has 0 radical (unpaired) electrons. The smallest absolute Gasteiger partial charge is 0.238 e. The van der Waals surface area contributed by atoms with Crippen molar-refractivity contribution in [2.75, 3.05) is 11.6 Å². The molecule has 0 saturated carbocycles. The summed E-state index contributed by atoms with van der Waals surface area (Å²) >= 11 is 5.72. The molecule has 2 unspecified atom stereocenters. The van der Waals surface area contributed by atoms with Crippen LogP contribution in [0.5, 0.6) is 0 Å². The van der Waals surface area contributed by atoms with Gasteiger partial charge in [0, 0.05) is 11.4 Å². The zero-order valence-corrected chi connectivity index (χ0v) is 12.6. The molecular formula is C12H22ClNO3S. The van der Waals surface area contributed by atoms with Crippen LogP contribution in [0.2, 0.25) is 0 Å². The highest BCUT2D eigenvalue weighted by atomic mass is 35.5. The second kappa shape index (κ2) is 6.24. The maximum absolute atomic E-state index is 12.1. The highest BCUT2D eigenvalue weighted by molar-refractivity contribution is 7.92. The van der Waals surface area contributed by atoms with Crippen LogP contribution >= 0.6 is 11.6 Å². The molecule has 4 nitrogen and oxygen atoms in total. The fraction of sp³-hybridized carbons (Fsp3) is 0.917. The normalized spacial score (nSPS) is 26.3. The molecule has 1 saturated heterocycles. The van der Waals surface area contributed by atoms with Gasteiger partial charge < -0.3 is 5.32 Å². The van der Waals surface area contributed by atoms with Gasteiger partial charge in [0.05, 0.1) is 5.75 Å². The lowest BCUT2D eigenvalue weighted by Gasteiger charge is -2.32. The molecule has 1 fully saturated rings. The van der Waals surface area contributed by atoms with Crippen molar-refractivity contribution in [1.82, 2.24) is 5.32 Å².